The Labute approximate surface area is 164 Å². The van der Waals surface area contributed by atoms with E-state index in [2.05, 4.69) is 10.3 Å². The maximum absolute atomic E-state index is 12.4. The SMILES string of the molecule is Cn1c(COc2ccc(C[C@H]3SC(=O)NC3=O)cc2)nc2ccccc2c1=O. The summed E-state index contributed by atoms with van der Waals surface area (Å²) in [6.45, 7) is 0.158. The summed E-state index contributed by atoms with van der Waals surface area (Å²) in [6.07, 6.45) is 0.475. The Morgan fingerprint density at radius 3 is 2.57 bits per heavy atom. The summed E-state index contributed by atoms with van der Waals surface area (Å²) in [5.74, 6) is 0.912. The molecule has 142 valence electrons. The number of fused-ring (bicyclic) bond motifs is 1. The summed E-state index contributed by atoms with van der Waals surface area (Å²) in [7, 11) is 1.68. The van der Waals surface area contributed by atoms with E-state index in [0.29, 0.717) is 28.9 Å². The van der Waals surface area contributed by atoms with E-state index in [1.54, 1.807) is 31.3 Å². The van der Waals surface area contributed by atoms with E-state index < -0.39 is 5.25 Å². The Balaban J connectivity index is 1.45. The van der Waals surface area contributed by atoms with E-state index in [1.165, 1.54) is 4.57 Å². The molecule has 0 bridgehead atoms. The molecule has 2 amide bonds. The van der Waals surface area contributed by atoms with E-state index >= 15 is 0 Å². The van der Waals surface area contributed by atoms with Crippen LogP contribution < -0.4 is 15.6 Å². The van der Waals surface area contributed by atoms with Crippen molar-refractivity contribution >= 4 is 33.8 Å². The number of para-hydroxylation sites is 1. The van der Waals surface area contributed by atoms with Crippen molar-refractivity contribution in [1.29, 1.82) is 0 Å². The third kappa shape index (κ3) is 3.63. The first kappa shape index (κ1) is 18.2. The second-order valence-corrected chi connectivity index (χ2v) is 7.60. The van der Waals surface area contributed by atoms with Gasteiger partial charge in [-0.3, -0.25) is 24.3 Å². The summed E-state index contributed by atoms with van der Waals surface area (Å²) in [5.41, 5.74) is 1.47. The molecule has 0 aliphatic carbocycles. The highest BCUT2D eigenvalue weighted by molar-refractivity contribution is 8.15. The quantitative estimate of drug-likeness (QED) is 0.714. The lowest BCUT2D eigenvalue weighted by Gasteiger charge is -2.11. The molecule has 4 rings (SSSR count). The van der Waals surface area contributed by atoms with Crippen LogP contribution in [0.25, 0.3) is 10.9 Å². The fourth-order valence-corrected chi connectivity index (χ4v) is 3.86. The van der Waals surface area contributed by atoms with Crippen molar-refractivity contribution in [2.45, 2.75) is 18.3 Å². The van der Waals surface area contributed by atoms with Crippen LogP contribution >= 0.6 is 11.8 Å². The number of rotatable bonds is 5. The molecular formula is C20H17N3O4S. The molecule has 1 saturated heterocycles. The summed E-state index contributed by atoms with van der Waals surface area (Å²) < 4.78 is 7.27. The number of nitrogens with one attached hydrogen (secondary N) is 1. The molecule has 1 aliphatic rings. The summed E-state index contributed by atoms with van der Waals surface area (Å²) in [4.78, 5) is 39.8. The highest BCUT2D eigenvalue weighted by Gasteiger charge is 2.31. The molecule has 3 aromatic rings. The molecule has 0 spiro atoms. The highest BCUT2D eigenvalue weighted by atomic mass is 32.2. The average Bonchev–Trinajstić information content (AvgIpc) is 3.01. The van der Waals surface area contributed by atoms with Gasteiger partial charge in [-0.05, 0) is 36.2 Å². The van der Waals surface area contributed by atoms with Gasteiger partial charge in [0, 0.05) is 7.05 Å². The molecule has 8 heteroatoms. The number of aromatic nitrogens is 2. The van der Waals surface area contributed by atoms with Crippen LogP contribution in [0.4, 0.5) is 4.79 Å². The number of hydrogen-bond acceptors (Lipinski definition) is 6. The third-order valence-corrected chi connectivity index (χ3v) is 5.54. The van der Waals surface area contributed by atoms with Crippen LogP contribution in [-0.2, 0) is 24.9 Å². The highest BCUT2D eigenvalue weighted by Crippen LogP contribution is 2.24. The molecule has 1 fully saturated rings. The summed E-state index contributed by atoms with van der Waals surface area (Å²) in [5, 5.41) is 2.16. The number of nitrogens with zero attached hydrogens (tertiary/aromatic N) is 2. The van der Waals surface area contributed by atoms with Gasteiger partial charge in [0.15, 0.2) is 0 Å². The minimum atomic E-state index is -0.393. The van der Waals surface area contributed by atoms with Crippen LogP contribution in [0.2, 0.25) is 0 Å². The molecule has 1 aliphatic heterocycles. The van der Waals surface area contributed by atoms with Gasteiger partial charge in [-0.2, -0.15) is 0 Å². The maximum atomic E-state index is 12.4. The first-order valence-electron chi connectivity index (χ1n) is 8.69. The topological polar surface area (TPSA) is 90.3 Å². The first-order valence-corrected chi connectivity index (χ1v) is 9.57. The van der Waals surface area contributed by atoms with E-state index in [1.807, 2.05) is 24.3 Å². The molecule has 1 atom stereocenters. The van der Waals surface area contributed by atoms with Gasteiger partial charge in [0.1, 0.15) is 18.2 Å². The van der Waals surface area contributed by atoms with Gasteiger partial charge in [-0.25, -0.2) is 4.98 Å². The zero-order chi connectivity index (χ0) is 19.7. The predicted octanol–water partition coefficient (Wildman–Crippen LogP) is 2.41. The Hall–Kier alpha value is -3.13. The zero-order valence-electron chi connectivity index (χ0n) is 15.0. The second kappa shape index (κ2) is 7.47. The molecule has 0 radical (unpaired) electrons. The third-order valence-electron chi connectivity index (χ3n) is 4.56. The second-order valence-electron chi connectivity index (χ2n) is 6.43. The molecule has 0 saturated carbocycles. The van der Waals surface area contributed by atoms with Crippen LogP contribution in [0.15, 0.2) is 53.3 Å². The number of hydrogen-bond donors (Lipinski definition) is 1. The van der Waals surface area contributed by atoms with Crippen molar-refractivity contribution in [3.63, 3.8) is 0 Å². The van der Waals surface area contributed by atoms with E-state index in [0.717, 1.165) is 17.3 Å². The van der Waals surface area contributed by atoms with Gasteiger partial charge in [-0.15, -0.1) is 0 Å². The lowest BCUT2D eigenvalue weighted by Crippen LogP contribution is -2.25. The normalized spacial score (nSPS) is 16.4. The molecule has 7 nitrogen and oxygen atoms in total. The van der Waals surface area contributed by atoms with Gasteiger partial charge < -0.3 is 4.74 Å². The van der Waals surface area contributed by atoms with Crippen LogP contribution in [-0.4, -0.2) is 25.9 Å². The molecule has 2 heterocycles. The minimum absolute atomic E-state index is 0.110. The van der Waals surface area contributed by atoms with Gasteiger partial charge in [0.05, 0.1) is 16.2 Å². The average molecular weight is 395 g/mol. The minimum Gasteiger partial charge on any atom is -0.486 e. The van der Waals surface area contributed by atoms with Crippen LogP contribution in [0.1, 0.15) is 11.4 Å². The van der Waals surface area contributed by atoms with Gasteiger partial charge in [0.2, 0.25) is 5.91 Å². The van der Waals surface area contributed by atoms with Crippen molar-refractivity contribution in [2.75, 3.05) is 0 Å². The number of amides is 2. The largest absolute Gasteiger partial charge is 0.486 e. The number of thioether (sulfide) groups is 1. The summed E-state index contributed by atoms with van der Waals surface area (Å²) in [6, 6.07) is 14.5. The number of benzene rings is 2. The Bertz CT molecular complexity index is 1120. The fraction of sp³-hybridized carbons (Fsp3) is 0.200. The van der Waals surface area contributed by atoms with E-state index in [9.17, 15) is 14.4 Å². The monoisotopic (exact) mass is 395 g/mol. The Morgan fingerprint density at radius 1 is 1.11 bits per heavy atom. The van der Waals surface area contributed by atoms with Crippen molar-refractivity contribution in [1.82, 2.24) is 14.9 Å². The van der Waals surface area contributed by atoms with Crippen LogP contribution in [0, 0.1) is 0 Å². The number of ether oxygens (including phenoxy) is 1. The van der Waals surface area contributed by atoms with Crippen LogP contribution in [0.5, 0.6) is 5.75 Å². The molecule has 1 aromatic heterocycles. The number of carbonyl (C=O) groups is 2. The number of carbonyl (C=O) groups excluding carboxylic acids is 2. The fourth-order valence-electron chi connectivity index (χ4n) is 3.00. The first-order chi connectivity index (χ1) is 13.5. The smallest absolute Gasteiger partial charge is 0.286 e. The molecule has 0 unspecified atom stereocenters. The Morgan fingerprint density at radius 2 is 1.86 bits per heavy atom. The van der Waals surface area contributed by atoms with Crippen molar-refractivity contribution < 1.29 is 14.3 Å². The molecule has 1 N–H and O–H groups in total. The van der Waals surface area contributed by atoms with Crippen molar-refractivity contribution in [2.24, 2.45) is 7.05 Å². The molecule has 28 heavy (non-hydrogen) atoms. The van der Waals surface area contributed by atoms with Gasteiger partial charge >= 0.3 is 0 Å². The lowest BCUT2D eigenvalue weighted by molar-refractivity contribution is -0.118. The van der Waals surface area contributed by atoms with E-state index in [4.69, 9.17) is 4.74 Å². The van der Waals surface area contributed by atoms with Crippen LogP contribution in [0.3, 0.4) is 0 Å². The number of imide groups is 1. The maximum Gasteiger partial charge on any atom is 0.286 e. The molecular weight excluding hydrogens is 378 g/mol. The standard InChI is InChI=1S/C20H17N3O4S/c1-23-17(21-15-5-3-2-4-14(15)19(23)25)11-27-13-8-6-12(7-9-13)10-16-18(24)22-20(26)28-16/h2-9,16H,10-11H2,1H3,(H,22,24,26)/t16-/m1/s1. The molecule has 2 aromatic carbocycles. The summed E-state index contributed by atoms with van der Waals surface area (Å²) >= 11 is 1.01. The predicted molar refractivity (Wildman–Crippen MR) is 106 cm³/mol. The van der Waals surface area contributed by atoms with Gasteiger partial charge in [0.25, 0.3) is 10.8 Å². The zero-order valence-corrected chi connectivity index (χ0v) is 15.9. The Kier molecular flexibility index (Phi) is 4.87. The van der Waals surface area contributed by atoms with Crippen molar-refractivity contribution in [3.8, 4) is 5.75 Å². The lowest BCUT2D eigenvalue weighted by atomic mass is 10.1. The van der Waals surface area contributed by atoms with Gasteiger partial charge in [-0.1, -0.05) is 36.0 Å². The van der Waals surface area contributed by atoms with Crippen molar-refractivity contribution in [3.05, 3.63) is 70.3 Å². The van der Waals surface area contributed by atoms with E-state index in [-0.39, 0.29) is 23.3 Å².